The van der Waals surface area contributed by atoms with Gasteiger partial charge in [-0.1, -0.05) is 0 Å². The molecule has 1 amide bonds. The predicted molar refractivity (Wildman–Crippen MR) is 49.8 cm³/mol. The number of nitrogens with one attached hydrogen (secondary N) is 1. The molecule has 1 heterocycles. The van der Waals surface area contributed by atoms with Gasteiger partial charge in [-0.2, -0.15) is 0 Å². The van der Waals surface area contributed by atoms with Crippen LogP contribution in [0, 0.1) is 11.8 Å². The highest BCUT2D eigenvalue weighted by Gasteiger charge is 2.48. The summed E-state index contributed by atoms with van der Waals surface area (Å²) in [5.41, 5.74) is 0.871. The van der Waals surface area contributed by atoms with Crippen molar-refractivity contribution in [1.82, 2.24) is 5.32 Å². The molecule has 5 nitrogen and oxygen atoms in total. The van der Waals surface area contributed by atoms with E-state index in [0.717, 1.165) is 5.56 Å². The molecule has 80 valence electrons. The molecule has 2 rings (SSSR count). The molecule has 1 aromatic rings. The summed E-state index contributed by atoms with van der Waals surface area (Å²) < 4.78 is 4.84. The second-order valence-corrected chi connectivity index (χ2v) is 3.64. The van der Waals surface area contributed by atoms with Gasteiger partial charge >= 0.3 is 5.97 Å². The average molecular weight is 209 g/mol. The minimum absolute atomic E-state index is 0.191. The van der Waals surface area contributed by atoms with Crippen molar-refractivity contribution in [3.05, 3.63) is 24.2 Å². The number of amides is 1. The number of carboxylic acids is 1. The van der Waals surface area contributed by atoms with Gasteiger partial charge < -0.3 is 14.8 Å². The summed E-state index contributed by atoms with van der Waals surface area (Å²) in [4.78, 5) is 21.9. The summed E-state index contributed by atoms with van der Waals surface area (Å²) in [7, 11) is 0. The van der Waals surface area contributed by atoms with Gasteiger partial charge in [0, 0.05) is 12.1 Å². The maximum atomic E-state index is 11.4. The predicted octanol–water partition coefficient (Wildman–Crippen LogP) is 0.616. The Bertz CT molecular complexity index is 371. The lowest BCUT2D eigenvalue weighted by molar-refractivity contribution is -0.140. The number of furan rings is 1. The van der Waals surface area contributed by atoms with Gasteiger partial charge in [0.1, 0.15) is 0 Å². The molecule has 0 bridgehead atoms. The number of hydrogen-bond acceptors (Lipinski definition) is 3. The molecule has 0 spiro atoms. The zero-order valence-corrected chi connectivity index (χ0v) is 7.97. The van der Waals surface area contributed by atoms with Crippen LogP contribution >= 0.6 is 0 Å². The fourth-order valence-corrected chi connectivity index (χ4v) is 1.47. The van der Waals surface area contributed by atoms with Crippen molar-refractivity contribution in [3.63, 3.8) is 0 Å². The summed E-state index contributed by atoms with van der Waals surface area (Å²) >= 11 is 0. The molecule has 1 saturated carbocycles. The monoisotopic (exact) mass is 209 g/mol. The van der Waals surface area contributed by atoms with Gasteiger partial charge in [0.05, 0.1) is 24.4 Å². The lowest BCUT2D eigenvalue weighted by Gasteiger charge is -2.01. The Balaban J connectivity index is 1.77. The van der Waals surface area contributed by atoms with E-state index in [1.165, 1.54) is 6.26 Å². The summed E-state index contributed by atoms with van der Waals surface area (Å²) in [5.74, 6) is -1.93. The molecule has 0 radical (unpaired) electrons. The first-order valence-electron chi connectivity index (χ1n) is 4.70. The van der Waals surface area contributed by atoms with Crippen LogP contribution in [-0.4, -0.2) is 17.0 Å². The third-order valence-corrected chi connectivity index (χ3v) is 2.49. The number of carboxylic acid groups (broad SMARTS) is 1. The van der Waals surface area contributed by atoms with Crippen molar-refractivity contribution < 1.29 is 19.1 Å². The molecule has 2 atom stereocenters. The molecule has 5 heteroatoms. The third-order valence-electron chi connectivity index (χ3n) is 2.49. The SMILES string of the molecule is O=C(O)[C@H]1C[C@H]1C(=O)NCc1ccoc1. The lowest BCUT2D eigenvalue weighted by Crippen LogP contribution is -2.25. The zero-order chi connectivity index (χ0) is 10.8. The number of hydrogen-bond donors (Lipinski definition) is 2. The van der Waals surface area contributed by atoms with Crippen LogP contribution in [-0.2, 0) is 16.1 Å². The first kappa shape index (κ1) is 9.76. The molecule has 0 aromatic carbocycles. The number of carbonyl (C=O) groups is 2. The molecule has 15 heavy (non-hydrogen) atoms. The van der Waals surface area contributed by atoms with Gasteiger partial charge in [0.25, 0.3) is 0 Å². The average Bonchev–Trinajstić information content (AvgIpc) is 2.85. The second-order valence-electron chi connectivity index (χ2n) is 3.64. The molecular formula is C10H11NO4. The van der Waals surface area contributed by atoms with E-state index < -0.39 is 11.9 Å². The van der Waals surface area contributed by atoms with Crippen LogP contribution in [0.5, 0.6) is 0 Å². The molecular weight excluding hydrogens is 198 g/mol. The van der Waals surface area contributed by atoms with Crippen molar-refractivity contribution in [1.29, 1.82) is 0 Å². The number of carbonyl (C=O) groups excluding carboxylic acids is 1. The van der Waals surface area contributed by atoms with Crippen LogP contribution in [0.4, 0.5) is 0 Å². The van der Waals surface area contributed by atoms with E-state index in [4.69, 9.17) is 9.52 Å². The van der Waals surface area contributed by atoms with Gasteiger partial charge in [0.15, 0.2) is 0 Å². The van der Waals surface area contributed by atoms with E-state index in [-0.39, 0.29) is 11.8 Å². The minimum atomic E-state index is -0.890. The molecule has 0 aliphatic heterocycles. The number of aliphatic carboxylic acids is 1. The Morgan fingerprint density at radius 2 is 2.33 bits per heavy atom. The largest absolute Gasteiger partial charge is 0.481 e. The summed E-state index contributed by atoms with van der Waals surface area (Å²) in [6, 6.07) is 1.75. The fourth-order valence-electron chi connectivity index (χ4n) is 1.47. The minimum Gasteiger partial charge on any atom is -0.481 e. The van der Waals surface area contributed by atoms with Gasteiger partial charge in [0.2, 0.25) is 5.91 Å². The zero-order valence-electron chi connectivity index (χ0n) is 7.97. The maximum Gasteiger partial charge on any atom is 0.307 e. The van der Waals surface area contributed by atoms with Crippen LogP contribution in [0.2, 0.25) is 0 Å². The quantitative estimate of drug-likeness (QED) is 0.761. The highest BCUT2D eigenvalue weighted by molar-refractivity contribution is 5.89. The molecule has 1 aromatic heterocycles. The molecule has 1 aliphatic carbocycles. The van der Waals surface area contributed by atoms with E-state index in [9.17, 15) is 9.59 Å². The van der Waals surface area contributed by atoms with Crippen molar-refractivity contribution in [2.24, 2.45) is 11.8 Å². The molecule has 2 N–H and O–H groups in total. The van der Waals surface area contributed by atoms with E-state index in [0.29, 0.717) is 13.0 Å². The van der Waals surface area contributed by atoms with Gasteiger partial charge in [-0.25, -0.2) is 0 Å². The first-order valence-corrected chi connectivity index (χ1v) is 4.70. The highest BCUT2D eigenvalue weighted by atomic mass is 16.4. The van der Waals surface area contributed by atoms with E-state index in [2.05, 4.69) is 5.32 Å². The standard InChI is InChI=1S/C10H11NO4/c12-9(7-3-8(7)10(13)14)11-4-6-1-2-15-5-6/h1-2,5,7-8H,3-4H2,(H,11,12)(H,13,14)/t7-,8+/m1/s1. The van der Waals surface area contributed by atoms with Crippen LogP contribution in [0.1, 0.15) is 12.0 Å². The number of rotatable bonds is 4. The Hall–Kier alpha value is -1.78. The van der Waals surface area contributed by atoms with E-state index in [1.54, 1.807) is 12.3 Å². The first-order chi connectivity index (χ1) is 7.18. The van der Waals surface area contributed by atoms with Crippen molar-refractivity contribution >= 4 is 11.9 Å². The highest BCUT2D eigenvalue weighted by Crippen LogP contribution is 2.38. The Kier molecular flexibility index (Phi) is 2.45. The third kappa shape index (κ3) is 2.18. The molecule has 1 aliphatic rings. The smallest absolute Gasteiger partial charge is 0.307 e. The molecule has 1 fully saturated rings. The molecule has 0 unspecified atom stereocenters. The van der Waals surface area contributed by atoms with E-state index in [1.807, 2.05) is 0 Å². The second kappa shape index (κ2) is 3.76. The van der Waals surface area contributed by atoms with Gasteiger partial charge in [-0.05, 0) is 12.5 Å². The Morgan fingerprint density at radius 1 is 1.53 bits per heavy atom. The van der Waals surface area contributed by atoms with E-state index >= 15 is 0 Å². The summed E-state index contributed by atoms with van der Waals surface area (Å²) in [6.07, 6.45) is 3.52. The normalized spacial score (nSPS) is 23.5. The Labute approximate surface area is 86.1 Å². The van der Waals surface area contributed by atoms with Crippen molar-refractivity contribution in [3.8, 4) is 0 Å². The lowest BCUT2D eigenvalue weighted by atomic mass is 10.3. The molecule has 0 saturated heterocycles. The van der Waals surface area contributed by atoms with Crippen LogP contribution < -0.4 is 5.32 Å². The van der Waals surface area contributed by atoms with Gasteiger partial charge in [-0.15, -0.1) is 0 Å². The van der Waals surface area contributed by atoms with Crippen LogP contribution in [0.25, 0.3) is 0 Å². The fraction of sp³-hybridized carbons (Fsp3) is 0.400. The topological polar surface area (TPSA) is 79.5 Å². The van der Waals surface area contributed by atoms with Crippen molar-refractivity contribution in [2.75, 3.05) is 0 Å². The maximum absolute atomic E-state index is 11.4. The van der Waals surface area contributed by atoms with Crippen LogP contribution in [0.3, 0.4) is 0 Å². The van der Waals surface area contributed by atoms with Crippen LogP contribution in [0.15, 0.2) is 23.0 Å². The van der Waals surface area contributed by atoms with Crippen molar-refractivity contribution in [2.45, 2.75) is 13.0 Å². The summed E-state index contributed by atoms with van der Waals surface area (Å²) in [5, 5.41) is 11.3. The van der Waals surface area contributed by atoms with Gasteiger partial charge in [-0.3, -0.25) is 9.59 Å². The summed E-state index contributed by atoms with van der Waals surface area (Å²) in [6.45, 7) is 0.387. The Morgan fingerprint density at radius 3 is 2.87 bits per heavy atom.